The van der Waals surface area contributed by atoms with Crippen LogP contribution in [0.4, 0.5) is 0 Å². The fourth-order valence-corrected chi connectivity index (χ4v) is 9.43. The fraction of sp³-hybridized carbons (Fsp3) is 0.828. The molecule has 0 saturated heterocycles. The number of Topliss-reactive ketones (excluding diaryl/α,β-unsaturated/α-hetero) is 2. The Balaban J connectivity index is 1.39. The highest BCUT2D eigenvalue weighted by Crippen LogP contribution is 2.68. The summed E-state index contributed by atoms with van der Waals surface area (Å²) in [5.41, 5.74) is 1.82. The largest absolute Gasteiger partial charge is 0.463 e. The van der Waals surface area contributed by atoms with Crippen molar-refractivity contribution in [3.63, 3.8) is 0 Å². The molecule has 5 aliphatic rings. The summed E-state index contributed by atoms with van der Waals surface area (Å²) in [5.74, 6) is 2.43. The van der Waals surface area contributed by atoms with Crippen molar-refractivity contribution in [2.75, 3.05) is 4.43 Å². The average Bonchev–Trinajstić information content (AvgIpc) is 3.29. The van der Waals surface area contributed by atoms with E-state index in [1.165, 1.54) is 6.92 Å². The van der Waals surface area contributed by atoms with E-state index in [1.54, 1.807) is 0 Å². The molecule has 4 saturated carbocycles. The van der Waals surface area contributed by atoms with Crippen molar-refractivity contribution < 1.29 is 23.9 Å². The molecule has 1 aliphatic heterocycles. The van der Waals surface area contributed by atoms with Gasteiger partial charge in [0, 0.05) is 24.2 Å². The van der Waals surface area contributed by atoms with Crippen LogP contribution in [0.2, 0.25) is 0 Å². The summed E-state index contributed by atoms with van der Waals surface area (Å²) in [4.78, 5) is 38.6. The van der Waals surface area contributed by atoms with Gasteiger partial charge in [0.1, 0.15) is 18.0 Å². The molecule has 6 unspecified atom stereocenters. The molecule has 35 heavy (non-hydrogen) atoms. The summed E-state index contributed by atoms with van der Waals surface area (Å²) in [7, 11) is 0. The van der Waals surface area contributed by atoms with E-state index < -0.39 is 11.5 Å². The second kappa shape index (κ2) is 9.21. The molecule has 10 atom stereocenters. The molecular formula is C29H41IO5. The topological polar surface area (TPSA) is 69.7 Å². The summed E-state index contributed by atoms with van der Waals surface area (Å²) < 4.78 is 13.0. The molecular weight excluding hydrogens is 555 g/mol. The van der Waals surface area contributed by atoms with Gasteiger partial charge in [-0.2, -0.15) is 0 Å². The summed E-state index contributed by atoms with van der Waals surface area (Å²) in [6, 6.07) is 0. The molecule has 194 valence electrons. The first-order chi connectivity index (χ1) is 16.5. The zero-order valence-electron chi connectivity index (χ0n) is 21.9. The maximum absolute atomic E-state index is 14.0. The van der Waals surface area contributed by atoms with Crippen LogP contribution in [0.5, 0.6) is 0 Å². The van der Waals surface area contributed by atoms with Gasteiger partial charge in [0.05, 0.1) is 11.5 Å². The quantitative estimate of drug-likeness (QED) is 0.172. The van der Waals surface area contributed by atoms with Crippen molar-refractivity contribution in [3.05, 3.63) is 11.1 Å². The Kier molecular flexibility index (Phi) is 6.81. The Hall–Kier alpha value is -0.760. The zero-order valence-corrected chi connectivity index (χ0v) is 24.1. The average molecular weight is 597 g/mol. The smallest absolute Gasteiger partial charge is 0.302 e. The molecule has 4 aliphatic carbocycles. The summed E-state index contributed by atoms with van der Waals surface area (Å²) >= 11 is 2.34. The number of ether oxygens (including phenoxy) is 2. The molecule has 4 fully saturated rings. The lowest BCUT2D eigenvalue weighted by Crippen LogP contribution is -2.56. The SMILES string of the molecule is CC(=O)O[C@H]1CC[C@@]2(C)C(CCC3C4C[C@@H]5OC(C(=O)CC(C)CI)C(C)=C5[C@@]4(C)C(=O)CC32)C1. The molecule has 5 rings (SSSR count). The van der Waals surface area contributed by atoms with Gasteiger partial charge in [0.25, 0.3) is 0 Å². The van der Waals surface area contributed by atoms with Gasteiger partial charge in [-0.25, -0.2) is 0 Å². The fourth-order valence-electron chi connectivity index (χ4n) is 9.12. The van der Waals surface area contributed by atoms with Gasteiger partial charge in [-0.15, -0.1) is 0 Å². The number of carbonyl (C=O) groups is 3. The van der Waals surface area contributed by atoms with Crippen LogP contribution in [0.25, 0.3) is 0 Å². The highest BCUT2D eigenvalue weighted by molar-refractivity contribution is 14.1. The van der Waals surface area contributed by atoms with Gasteiger partial charge in [0.15, 0.2) is 5.78 Å². The molecule has 0 aromatic heterocycles. The van der Waals surface area contributed by atoms with E-state index in [0.29, 0.717) is 48.2 Å². The number of halogens is 1. The van der Waals surface area contributed by atoms with Gasteiger partial charge in [-0.3, -0.25) is 14.4 Å². The minimum atomic E-state index is -0.488. The summed E-state index contributed by atoms with van der Waals surface area (Å²) in [6.45, 7) is 10.2. The first-order valence-corrected chi connectivity index (χ1v) is 15.2. The highest BCUT2D eigenvalue weighted by Gasteiger charge is 2.66. The van der Waals surface area contributed by atoms with Gasteiger partial charge < -0.3 is 9.47 Å². The van der Waals surface area contributed by atoms with Crippen molar-refractivity contribution in [2.45, 2.75) is 104 Å². The van der Waals surface area contributed by atoms with Crippen LogP contribution in [0.3, 0.4) is 0 Å². The number of hydrogen-bond acceptors (Lipinski definition) is 5. The maximum atomic E-state index is 14.0. The van der Waals surface area contributed by atoms with Gasteiger partial charge in [-0.05, 0) is 98.5 Å². The number of hydrogen-bond donors (Lipinski definition) is 0. The number of rotatable bonds is 5. The Morgan fingerprint density at radius 2 is 1.91 bits per heavy atom. The lowest BCUT2D eigenvalue weighted by Gasteiger charge is -2.59. The number of alkyl halides is 1. The predicted molar refractivity (Wildman–Crippen MR) is 142 cm³/mol. The second-order valence-corrected chi connectivity index (χ2v) is 13.6. The third kappa shape index (κ3) is 3.98. The second-order valence-electron chi connectivity index (χ2n) is 12.8. The van der Waals surface area contributed by atoms with Crippen molar-refractivity contribution in [3.8, 4) is 0 Å². The van der Waals surface area contributed by atoms with Crippen molar-refractivity contribution in [2.24, 2.45) is 40.4 Å². The van der Waals surface area contributed by atoms with E-state index in [1.807, 2.05) is 6.92 Å². The summed E-state index contributed by atoms with van der Waals surface area (Å²) in [6.07, 6.45) is 6.69. The normalized spacial score (nSPS) is 45.3. The van der Waals surface area contributed by atoms with E-state index in [9.17, 15) is 14.4 Å². The van der Waals surface area contributed by atoms with E-state index in [2.05, 4.69) is 43.4 Å². The van der Waals surface area contributed by atoms with E-state index >= 15 is 0 Å². The van der Waals surface area contributed by atoms with Crippen LogP contribution in [0.15, 0.2) is 11.1 Å². The lowest BCUT2D eigenvalue weighted by atomic mass is 9.44. The lowest BCUT2D eigenvalue weighted by molar-refractivity contribution is -0.162. The van der Waals surface area contributed by atoms with Gasteiger partial charge in [0.2, 0.25) is 0 Å². The van der Waals surface area contributed by atoms with Crippen LogP contribution in [-0.2, 0) is 23.9 Å². The van der Waals surface area contributed by atoms with Gasteiger partial charge in [-0.1, -0.05) is 36.4 Å². The Morgan fingerprint density at radius 3 is 2.60 bits per heavy atom. The zero-order chi connectivity index (χ0) is 25.3. The third-order valence-electron chi connectivity index (χ3n) is 10.8. The van der Waals surface area contributed by atoms with Crippen LogP contribution in [0, 0.1) is 40.4 Å². The van der Waals surface area contributed by atoms with Crippen molar-refractivity contribution in [1.82, 2.24) is 0 Å². The molecule has 0 bridgehead atoms. The predicted octanol–water partition coefficient (Wildman–Crippen LogP) is 5.86. The standard InChI is InChI=1S/C29H41IO5/c1-15(14-30)10-23(32)27-16(2)26-24(35-27)12-22-20-7-6-18-11-19(34-17(3)31)8-9-28(18,4)21(20)13-25(33)29(22,26)5/h15,18-22,24,27H,6-14H2,1-5H3/t15?,18?,19-,20?,21?,22?,24-,27?,28-,29+/m0/s1. The van der Waals surface area contributed by atoms with Crippen molar-refractivity contribution in [1.29, 1.82) is 0 Å². The molecule has 0 aromatic rings. The van der Waals surface area contributed by atoms with Gasteiger partial charge >= 0.3 is 5.97 Å². The number of ketones is 2. The molecule has 6 heteroatoms. The Labute approximate surface area is 223 Å². The first-order valence-electron chi connectivity index (χ1n) is 13.7. The van der Waals surface area contributed by atoms with Crippen molar-refractivity contribution >= 4 is 40.1 Å². The van der Waals surface area contributed by atoms with E-state index in [4.69, 9.17) is 9.47 Å². The monoisotopic (exact) mass is 596 g/mol. The molecule has 0 spiro atoms. The molecule has 0 radical (unpaired) electrons. The molecule has 5 nitrogen and oxygen atoms in total. The first kappa shape index (κ1) is 25.9. The van der Waals surface area contributed by atoms with E-state index in [0.717, 1.165) is 54.1 Å². The van der Waals surface area contributed by atoms with Crippen LogP contribution in [-0.4, -0.2) is 40.3 Å². The van der Waals surface area contributed by atoms with Crippen LogP contribution < -0.4 is 0 Å². The Morgan fingerprint density at radius 1 is 1.17 bits per heavy atom. The minimum absolute atomic E-state index is 0.0307. The highest BCUT2D eigenvalue weighted by atomic mass is 127. The maximum Gasteiger partial charge on any atom is 0.302 e. The number of fused-ring (bicyclic) bond motifs is 7. The molecule has 1 heterocycles. The van der Waals surface area contributed by atoms with E-state index in [-0.39, 0.29) is 29.4 Å². The third-order valence-corrected chi connectivity index (χ3v) is 12.4. The minimum Gasteiger partial charge on any atom is -0.463 e. The molecule has 0 amide bonds. The number of carbonyl (C=O) groups excluding carboxylic acids is 3. The Bertz CT molecular complexity index is 957. The van der Waals surface area contributed by atoms with Crippen LogP contribution >= 0.6 is 22.6 Å². The van der Waals surface area contributed by atoms with Crippen LogP contribution in [0.1, 0.15) is 86.0 Å². The number of esters is 1. The summed E-state index contributed by atoms with van der Waals surface area (Å²) in [5, 5.41) is 0. The molecule has 0 N–H and O–H groups in total. The molecule has 0 aromatic carbocycles.